The zero-order valence-electron chi connectivity index (χ0n) is 9.13. The van der Waals surface area contributed by atoms with Crippen LogP contribution in [-0.2, 0) is 11.2 Å². The number of carbonyl (C=O) groups is 1. The molecule has 3 nitrogen and oxygen atoms in total. The summed E-state index contributed by atoms with van der Waals surface area (Å²) >= 11 is 5.91. The molecule has 0 saturated carbocycles. The predicted molar refractivity (Wildman–Crippen MR) is 63.1 cm³/mol. The van der Waals surface area contributed by atoms with E-state index < -0.39 is 0 Å². The second-order valence-electron chi connectivity index (χ2n) is 3.95. The fourth-order valence-electron chi connectivity index (χ4n) is 1.73. The van der Waals surface area contributed by atoms with E-state index >= 15 is 0 Å². The van der Waals surface area contributed by atoms with Crippen LogP contribution in [0.15, 0.2) is 18.2 Å². The summed E-state index contributed by atoms with van der Waals surface area (Å²) in [7, 11) is 1.60. The summed E-state index contributed by atoms with van der Waals surface area (Å²) < 4.78 is 5.21. The molecule has 4 heteroatoms. The second kappa shape index (κ2) is 4.85. The highest BCUT2D eigenvalue weighted by atomic mass is 35.5. The van der Waals surface area contributed by atoms with Crippen LogP contribution >= 0.6 is 11.6 Å². The highest BCUT2D eigenvalue weighted by molar-refractivity contribution is 6.30. The van der Waals surface area contributed by atoms with Gasteiger partial charge in [0.05, 0.1) is 7.11 Å². The van der Waals surface area contributed by atoms with Crippen LogP contribution in [0.25, 0.3) is 0 Å². The highest BCUT2D eigenvalue weighted by Crippen LogP contribution is 2.24. The largest absolute Gasteiger partial charge is 0.496 e. The third kappa shape index (κ3) is 2.36. The quantitative estimate of drug-likeness (QED) is 0.869. The number of ether oxygens (including phenoxy) is 1. The Hall–Kier alpha value is -1.06. The summed E-state index contributed by atoms with van der Waals surface area (Å²) in [6, 6.07) is 5.35. The molecule has 1 aliphatic heterocycles. The molecule has 0 amide bonds. The van der Waals surface area contributed by atoms with Crippen LogP contribution in [0.2, 0.25) is 5.02 Å². The topological polar surface area (TPSA) is 38.3 Å². The lowest BCUT2D eigenvalue weighted by Crippen LogP contribution is -2.47. The molecule has 0 unspecified atom stereocenters. The average Bonchev–Trinajstić information content (AvgIpc) is 2.15. The normalized spacial score (nSPS) is 15.6. The third-order valence-corrected chi connectivity index (χ3v) is 3.08. The molecule has 1 heterocycles. The Morgan fingerprint density at radius 1 is 1.56 bits per heavy atom. The van der Waals surface area contributed by atoms with Gasteiger partial charge in [-0.25, -0.2) is 0 Å². The van der Waals surface area contributed by atoms with Crippen LogP contribution in [0, 0.1) is 5.92 Å². The third-order valence-electron chi connectivity index (χ3n) is 2.84. The van der Waals surface area contributed by atoms with Crippen LogP contribution in [-0.4, -0.2) is 26.0 Å². The number of hydrogen-bond acceptors (Lipinski definition) is 3. The number of rotatable bonds is 4. The Morgan fingerprint density at radius 2 is 2.31 bits per heavy atom. The summed E-state index contributed by atoms with van der Waals surface area (Å²) in [5.74, 6) is 1.13. The van der Waals surface area contributed by atoms with E-state index in [1.54, 1.807) is 25.3 Å². The van der Waals surface area contributed by atoms with Crippen molar-refractivity contribution in [2.75, 3.05) is 20.2 Å². The molecule has 1 saturated heterocycles. The van der Waals surface area contributed by atoms with Crippen molar-refractivity contribution in [3.05, 3.63) is 28.8 Å². The molecule has 16 heavy (non-hydrogen) atoms. The van der Waals surface area contributed by atoms with Crippen LogP contribution in [0.3, 0.4) is 0 Å². The second-order valence-corrected chi connectivity index (χ2v) is 4.39. The van der Waals surface area contributed by atoms with Gasteiger partial charge in [0.1, 0.15) is 11.5 Å². The maximum atomic E-state index is 11.8. The number of benzene rings is 1. The Labute approximate surface area is 99.7 Å². The number of nitrogens with one attached hydrogen (secondary N) is 1. The molecule has 0 aromatic heterocycles. The zero-order valence-corrected chi connectivity index (χ0v) is 9.88. The molecule has 1 N–H and O–H groups in total. The molecule has 1 aromatic carbocycles. The van der Waals surface area contributed by atoms with Crippen molar-refractivity contribution >= 4 is 17.4 Å². The lowest BCUT2D eigenvalue weighted by atomic mass is 9.93. The first-order valence-corrected chi connectivity index (χ1v) is 5.64. The first-order valence-electron chi connectivity index (χ1n) is 5.26. The van der Waals surface area contributed by atoms with Gasteiger partial charge in [0, 0.05) is 36.0 Å². The minimum absolute atomic E-state index is 0.156. The minimum atomic E-state index is 0.156. The summed E-state index contributed by atoms with van der Waals surface area (Å²) in [5.41, 5.74) is 0.868. The fraction of sp³-hybridized carbons (Fsp3) is 0.417. The van der Waals surface area contributed by atoms with Gasteiger partial charge in [-0.15, -0.1) is 0 Å². The summed E-state index contributed by atoms with van der Waals surface area (Å²) in [6.45, 7) is 1.59. The van der Waals surface area contributed by atoms with Crippen LogP contribution in [0.4, 0.5) is 0 Å². The molecule has 1 aromatic rings. The van der Waals surface area contributed by atoms with Crippen molar-refractivity contribution < 1.29 is 9.53 Å². The minimum Gasteiger partial charge on any atom is -0.496 e. The van der Waals surface area contributed by atoms with Gasteiger partial charge in [0.15, 0.2) is 0 Å². The van der Waals surface area contributed by atoms with Crippen LogP contribution in [0.1, 0.15) is 5.56 Å². The first kappa shape index (κ1) is 11.4. The van der Waals surface area contributed by atoms with E-state index in [2.05, 4.69) is 5.32 Å². The van der Waals surface area contributed by atoms with Gasteiger partial charge < -0.3 is 10.1 Å². The molecular formula is C12H14ClNO2. The van der Waals surface area contributed by atoms with Crippen molar-refractivity contribution in [2.24, 2.45) is 5.92 Å². The molecule has 0 atom stereocenters. The van der Waals surface area contributed by atoms with E-state index in [9.17, 15) is 4.79 Å². The van der Waals surface area contributed by atoms with E-state index in [0.717, 1.165) is 24.4 Å². The standard InChI is InChI=1S/C12H14ClNO2/c1-16-12-3-2-10(13)4-8(12)5-11(15)9-6-14-7-9/h2-4,9,14H,5-7H2,1H3. The van der Waals surface area contributed by atoms with Gasteiger partial charge in [-0.1, -0.05) is 11.6 Å². The molecule has 86 valence electrons. The first-order chi connectivity index (χ1) is 7.70. The van der Waals surface area contributed by atoms with Crippen molar-refractivity contribution in [2.45, 2.75) is 6.42 Å². The van der Waals surface area contributed by atoms with E-state index in [-0.39, 0.29) is 11.7 Å². The molecular weight excluding hydrogens is 226 g/mol. The Bertz CT molecular complexity index is 402. The Balaban J connectivity index is 2.12. The fourth-order valence-corrected chi connectivity index (χ4v) is 1.93. The highest BCUT2D eigenvalue weighted by Gasteiger charge is 2.25. The summed E-state index contributed by atoms with van der Waals surface area (Å²) in [4.78, 5) is 11.8. The van der Waals surface area contributed by atoms with Gasteiger partial charge in [-0.05, 0) is 18.2 Å². The average molecular weight is 240 g/mol. The summed E-state index contributed by atoms with van der Waals surface area (Å²) in [6.07, 6.45) is 0.399. The lowest BCUT2D eigenvalue weighted by Gasteiger charge is -2.25. The van der Waals surface area contributed by atoms with Gasteiger partial charge in [-0.2, -0.15) is 0 Å². The van der Waals surface area contributed by atoms with E-state index in [4.69, 9.17) is 16.3 Å². The molecule has 1 fully saturated rings. The van der Waals surface area contributed by atoms with Crippen molar-refractivity contribution in [1.82, 2.24) is 5.32 Å². The molecule has 0 radical (unpaired) electrons. The molecule has 0 bridgehead atoms. The molecule has 0 aliphatic carbocycles. The number of carbonyl (C=O) groups excluding carboxylic acids is 1. The molecule has 2 rings (SSSR count). The van der Waals surface area contributed by atoms with E-state index in [1.165, 1.54) is 0 Å². The maximum Gasteiger partial charge on any atom is 0.143 e. The number of Topliss-reactive ketones (excluding diaryl/α,β-unsaturated/α-hetero) is 1. The zero-order chi connectivity index (χ0) is 11.5. The monoisotopic (exact) mass is 239 g/mol. The SMILES string of the molecule is COc1ccc(Cl)cc1CC(=O)C1CNC1. The molecule has 0 spiro atoms. The van der Waals surface area contributed by atoms with Crippen molar-refractivity contribution in [3.63, 3.8) is 0 Å². The van der Waals surface area contributed by atoms with Gasteiger partial charge >= 0.3 is 0 Å². The van der Waals surface area contributed by atoms with Gasteiger partial charge in [-0.3, -0.25) is 4.79 Å². The van der Waals surface area contributed by atoms with Crippen LogP contribution in [0.5, 0.6) is 5.75 Å². The van der Waals surface area contributed by atoms with E-state index in [0.29, 0.717) is 11.4 Å². The van der Waals surface area contributed by atoms with E-state index in [1.807, 2.05) is 0 Å². The Morgan fingerprint density at radius 3 is 2.88 bits per heavy atom. The maximum absolute atomic E-state index is 11.8. The van der Waals surface area contributed by atoms with Crippen molar-refractivity contribution in [3.8, 4) is 5.75 Å². The smallest absolute Gasteiger partial charge is 0.143 e. The predicted octanol–water partition coefficient (Wildman–Crippen LogP) is 1.68. The number of halogens is 1. The number of hydrogen-bond donors (Lipinski definition) is 1. The summed E-state index contributed by atoms with van der Waals surface area (Å²) in [5, 5.41) is 3.72. The van der Waals surface area contributed by atoms with Gasteiger partial charge in [0.25, 0.3) is 0 Å². The van der Waals surface area contributed by atoms with Crippen molar-refractivity contribution in [1.29, 1.82) is 0 Å². The molecule has 1 aliphatic rings. The lowest BCUT2D eigenvalue weighted by molar-refractivity contribution is -0.123. The van der Waals surface area contributed by atoms with Crippen LogP contribution < -0.4 is 10.1 Å². The van der Waals surface area contributed by atoms with Gasteiger partial charge in [0.2, 0.25) is 0 Å². The number of methoxy groups -OCH3 is 1. The number of ketones is 1. The Kier molecular flexibility index (Phi) is 3.46.